The summed E-state index contributed by atoms with van der Waals surface area (Å²) in [7, 11) is 0. The van der Waals surface area contributed by atoms with E-state index in [0.717, 1.165) is 12.8 Å². The van der Waals surface area contributed by atoms with Crippen molar-refractivity contribution in [3.05, 3.63) is 95.2 Å². The first-order chi connectivity index (χ1) is 18.8. The fourth-order valence-electron chi connectivity index (χ4n) is 6.32. The van der Waals surface area contributed by atoms with Gasteiger partial charge in [0.05, 0.1) is 0 Å². The maximum Gasteiger partial charge on any atom is -0.00788 e. The molecule has 222 valence electrons. The minimum absolute atomic E-state index is 0.327. The molecule has 0 heterocycles. The van der Waals surface area contributed by atoms with Crippen LogP contribution >= 0.6 is 0 Å². The Morgan fingerprint density at radius 2 is 0.950 bits per heavy atom. The van der Waals surface area contributed by atoms with Gasteiger partial charge in [-0.15, -0.1) is 0 Å². The average molecular weight is 543 g/mol. The van der Waals surface area contributed by atoms with Crippen molar-refractivity contribution in [2.24, 2.45) is 34.5 Å². The second-order valence-corrected chi connectivity index (χ2v) is 14.4. The van der Waals surface area contributed by atoms with Gasteiger partial charge < -0.3 is 0 Å². The molecule has 0 N–H and O–H groups in total. The third-order valence-electron chi connectivity index (χ3n) is 9.10. The number of hydrogen-bond donors (Lipinski definition) is 0. The molecule has 0 aromatic heterocycles. The molecule has 4 unspecified atom stereocenters. The Labute approximate surface area is 249 Å². The number of hydrogen-bond acceptors (Lipinski definition) is 0. The summed E-state index contributed by atoms with van der Waals surface area (Å²) in [6, 6.07) is 0. The number of rotatable bonds is 13. The predicted octanol–water partition coefficient (Wildman–Crippen LogP) is 12.7. The Morgan fingerprint density at radius 3 is 1.30 bits per heavy atom. The summed E-state index contributed by atoms with van der Waals surface area (Å²) in [4.78, 5) is 0. The molecule has 4 atom stereocenters. The quantitative estimate of drug-likeness (QED) is 0.160. The predicted molar refractivity (Wildman–Crippen MR) is 181 cm³/mol. The zero-order valence-corrected chi connectivity index (χ0v) is 27.9. The van der Waals surface area contributed by atoms with Crippen molar-refractivity contribution < 1.29 is 0 Å². The Balaban J connectivity index is 1.73. The van der Waals surface area contributed by atoms with Crippen molar-refractivity contribution in [2.75, 3.05) is 0 Å². The maximum absolute atomic E-state index is 2.42. The highest BCUT2D eigenvalue weighted by atomic mass is 14.3. The van der Waals surface area contributed by atoms with E-state index in [2.05, 4.69) is 142 Å². The lowest BCUT2D eigenvalue weighted by molar-refractivity contribution is 0.376. The second kappa shape index (κ2) is 16.4. The van der Waals surface area contributed by atoms with Crippen molar-refractivity contribution in [3.63, 3.8) is 0 Å². The summed E-state index contributed by atoms with van der Waals surface area (Å²) in [5, 5.41) is 0. The molecule has 0 spiro atoms. The molecule has 0 saturated heterocycles. The molecule has 0 radical (unpaired) electrons. The standard InChI is InChI=1S/C40H62/c1-31(19-13-21-33(3)25-27-37-35(5)23-15-29-39(37,7)8)17-11-12-18-32(2)20-14-22-34(4)26-28-38-36(6)24-16-30-40(38,9)10/h11-14,17-20,25-28,31-34H,15-16,21-24,29-30H2,1-10H3/b17-11+,18-12+,19-13+,20-14+,27-25+,28-26+. The number of allylic oxidation sites excluding steroid dienone is 16. The molecule has 0 saturated carbocycles. The normalized spacial score (nSPS) is 23.6. The first kappa shape index (κ1) is 34.1. The van der Waals surface area contributed by atoms with Crippen molar-refractivity contribution >= 4 is 0 Å². The summed E-state index contributed by atoms with van der Waals surface area (Å²) in [6.07, 6.45) is 38.1. The van der Waals surface area contributed by atoms with Crippen molar-refractivity contribution in [3.8, 4) is 0 Å². The van der Waals surface area contributed by atoms with E-state index in [4.69, 9.17) is 0 Å². The molecule has 0 aromatic rings. The zero-order chi connectivity index (χ0) is 29.8. The van der Waals surface area contributed by atoms with Gasteiger partial charge in [-0.25, -0.2) is 0 Å². The average Bonchev–Trinajstić information content (AvgIpc) is 2.85. The van der Waals surface area contributed by atoms with E-state index in [1.54, 1.807) is 22.3 Å². The Morgan fingerprint density at radius 1 is 0.575 bits per heavy atom. The van der Waals surface area contributed by atoms with Crippen LogP contribution in [-0.2, 0) is 0 Å². The van der Waals surface area contributed by atoms with Crippen molar-refractivity contribution in [1.82, 2.24) is 0 Å². The van der Waals surface area contributed by atoms with Gasteiger partial charge in [-0.2, -0.15) is 0 Å². The molecule has 0 fully saturated rings. The van der Waals surface area contributed by atoms with E-state index in [1.165, 1.54) is 38.5 Å². The molecule has 0 amide bonds. The lowest BCUT2D eigenvalue weighted by atomic mass is 9.72. The van der Waals surface area contributed by atoms with Crippen LogP contribution in [0.1, 0.15) is 121 Å². The van der Waals surface area contributed by atoms with Crippen LogP contribution in [0.3, 0.4) is 0 Å². The molecular formula is C40H62. The van der Waals surface area contributed by atoms with Crippen LogP contribution in [0, 0.1) is 34.5 Å². The fourth-order valence-corrected chi connectivity index (χ4v) is 6.32. The first-order valence-corrected chi connectivity index (χ1v) is 16.3. The second-order valence-electron chi connectivity index (χ2n) is 14.4. The Hall–Kier alpha value is -2.08. The molecular weight excluding hydrogens is 480 g/mol. The highest BCUT2D eigenvalue weighted by Crippen LogP contribution is 2.42. The smallest absolute Gasteiger partial charge is 0.00788 e. The summed E-state index contributed by atoms with van der Waals surface area (Å²) < 4.78 is 0. The Kier molecular flexibility index (Phi) is 14.0. The minimum atomic E-state index is 0.327. The maximum atomic E-state index is 2.42. The molecule has 40 heavy (non-hydrogen) atoms. The highest BCUT2D eigenvalue weighted by molar-refractivity contribution is 5.33. The summed E-state index contributed by atoms with van der Waals surface area (Å²) in [6.45, 7) is 23.4. The largest absolute Gasteiger partial charge is 0.0874 e. The summed E-state index contributed by atoms with van der Waals surface area (Å²) in [5.41, 5.74) is 6.96. The van der Waals surface area contributed by atoms with Crippen LogP contribution in [-0.4, -0.2) is 0 Å². The lowest BCUT2D eigenvalue weighted by Gasteiger charge is -2.33. The van der Waals surface area contributed by atoms with E-state index in [0.29, 0.717) is 34.5 Å². The van der Waals surface area contributed by atoms with E-state index in [-0.39, 0.29) is 0 Å². The monoisotopic (exact) mass is 542 g/mol. The van der Waals surface area contributed by atoms with Crippen molar-refractivity contribution in [2.45, 2.75) is 121 Å². The van der Waals surface area contributed by atoms with Gasteiger partial charge >= 0.3 is 0 Å². The third kappa shape index (κ3) is 11.8. The summed E-state index contributed by atoms with van der Waals surface area (Å²) in [5.74, 6) is 2.04. The topological polar surface area (TPSA) is 0 Å². The first-order valence-electron chi connectivity index (χ1n) is 16.3. The zero-order valence-electron chi connectivity index (χ0n) is 27.9. The van der Waals surface area contributed by atoms with E-state index < -0.39 is 0 Å². The van der Waals surface area contributed by atoms with Crippen LogP contribution in [0.5, 0.6) is 0 Å². The van der Waals surface area contributed by atoms with Crippen LogP contribution in [0.15, 0.2) is 95.2 Å². The Bertz CT molecular complexity index is 942. The molecule has 0 aliphatic heterocycles. The van der Waals surface area contributed by atoms with Gasteiger partial charge in [-0.3, -0.25) is 0 Å². The summed E-state index contributed by atoms with van der Waals surface area (Å²) >= 11 is 0. The minimum Gasteiger partial charge on any atom is -0.0874 e. The van der Waals surface area contributed by atoms with Gasteiger partial charge in [0.25, 0.3) is 0 Å². The molecule has 2 aliphatic rings. The lowest BCUT2D eigenvalue weighted by Crippen LogP contribution is -2.19. The van der Waals surface area contributed by atoms with Crippen LogP contribution in [0.4, 0.5) is 0 Å². The molecule has 2 rings (SSSR count). The van der Waals surface area contributed by atoms with Gasteiger partial charge in [-0.05, 0) is 111 Å². The highest BCUT2D eigenvalue weighted by Gasteiger charge is 2.27. The van der Waals surface area contributed by atoms with Gasteiger partial charge in [0, 0.05) is 0 Å². The van der Waals surface area contributed by atoms with Gasteiger partial charge in [0.15, 0.2) is 0 Å². The van der Waals surface area contributed by atoms with Gasteiger partial charge in [0.2, 0.25) is 0 Å². The molecule has 0 bridgehead atoms. The van der Waals surface area contributed by atoms with Crippen LogP contribution in [0.25, 0.3) is 0 Å². The van der Waals surface area contributed by atoms with Gasteiger partial charge in [0.1, 0.15) is 0 Å². The van der Waals surface area contributed by atoms with E-state index >= 15 is 0 Å². The van der Waals surface area contributed by atoms with Crippen LogP contribution in [0.2, 0.25) is 0 Å². The van der Waals surface area contributed by atoms with Crippen LogP contribution < -0.4 is 0 Å². The third-order valence-corrected chi connectivity index (χ3v) is 9.10. The van der Waals surface area contributed by atoms with Crippen molar-refractivity contribution in [1.29, 1.82) is 0 Å². The van der Waals surface area contributed by atoms with Gasteiger partial charge in [-0.1, -0.05) is 139 Å². The molecule has 0 nitrogen and oxygen atoms in total. The SMILES string of the molecule is CC1=C(/C=C/C(C)C/C=C/C(C)/C=C/C=C/C(C)/C=C/CC(C)/C=C/C2=C(C)CCCC2(C)C)C(C)(C)CCC1. The van der Waals surface area contributed by atoms with E-state index in [1.807, 2.05) is 0 Å². The van der Waals surface area contributed by atoms with E-state index in [9.17, 15) is 0 Å². The fraction of sp³-hybridized carbons (Fsp3) is 0.600. The molecule has 0 aromatic carbocycles. The molecule has 0 heteroatoms. The molecule has 2 aliphatic carbocycles.